The van der Waals surface area contributed by atoms with E-state index in [0.717, 1.165) is 25.7 Å². The van der Waals surface area contributed by atoms with E-state index in [1.807, 2.05) is 0 Å². The Hall–Kier alpha value is -0.600. The molecule has 0 heterocycles. The Bertz CT molecular complexity index is 254. The minimum absolute atomic E-state index is 0.329. The van der Waals surface area contributed by atoms with Gasteiger partial charge in [0.25, 0.3) is 0 Å². The van der Waals surface area contributed by atoms with Crippen LogP contribution in [0.4, 0.5) is 0 Å². The fraction of sp³-hybridized carbons (Fsp3) is 0.800. The zero-order valence-electron chi connectivity index (χ0n) is 15.9. The van der Waals surface area contributed by atoms with Gasteiger partial charge in [-0.3, -0.25) is 0 Å². The number of hydrogen-bond acceptors (Lipinski definition) is 2. The van der Waals surface area contributed by atoms with E-state index in [1.165, 1.54) is 24.0 Å². The molecule has 0 aliphatic carbocycles. The van der Waals surface area contributed by atoms with Crippen molar-refractivity contribution in [2.45, 2.75) is 80.1 Å². The Morgan fingerprint density at radius 2 is 1.00 bits per heavy atom. The van der Waals surface area contributed by atoms with Gasteiger partial charge in [0.2, 0.25) is 0 Å². The number of hydrogen-bond donors (Lipinski definition) is 2. The van der Waals surface area contributed by atoms with Crippen molar-refractivity contribution in [3.05, 3.63) is 23.3 Å². The van der Waals surface area contributed by atoms with Crippen LogP contribution in [-0.2, 0) is 0 Å². The van der Waals surface area contributed by atoms with Crippen LogP contribution in [-0.4, -0.2) is 23.4 Å². The van der Waals surface area contributed by atoms with E-state index >= 15 is 0 Å². The molecule has 0 aliphatic rings. The Balaban J connectivity index is 0. The third-order valence-corrected chi connectivity index (χ3v) is 3.67. The van der Waals surface area contributed by atoms with Gasteiger partial charge in [-0.2, -0.15) is 0 Å². The largest absolute Gasteiger partial charge is 0.396 e. The lowest BCUT2D eigenvalue weighted by Crippen LogP contribution is -1.96. The highest BCUT2D eigenvalue weighted by Crippen LogP contribution is 2.11. The van der Waals surface area contributed by atoms with Gasteiger partial charge in [0.05, 0.1) is 0 Å². The van der Waals surface area contributed by atoms with Crippen molar-refractivity contribution in [3.8, 4) is 0 Å². The monoisotopic (exact) mass is 312 g/mol. The van der Waals surface area contributed by atoms with Crippen molar-refractivity contribution in [1.29, 1.82) is 0 Å². The van der Waals surface area contributed by atoms with Crippen LogP contribution in [0.1, 0.15) is 80.1 Å². The molecule has 2 unspecified atom stereocenters. The molecule has 2 N–H and O–H groups in total. The van der Waals surface area contributed by atoms with Crippen LogP contribution in [0.15, 0.2) is 23.3 Å². The van der Waals surface area contributed by atoms with Gasteiger partial charge in [-0.1, -0.05) is 37.1 Å². The van der Waals surface area contributed by atoms with Gasteiger partial charge in [-0.25, -0.2) is 0 Å². The van der Waals surface area contributed by atoms with E-state index in [2.05, 4.69) is 53.7 Å². The Morgan fingerprint density at radius 3 is 1.23 bits per heavy atom. The van der Waals surface area contributed by atoms with E-state index in [9.17, 15) is 0 Å². The first kappa shape index (κ1) is 23.7. The minimum atomic E-state index is 0.329. The van der Waals surface area contributed by atoms with Gasteiger partial charge in [-0.05, 0) is 78.1 Å². The van der Waals surface area contributed by atoms with Crippen molar-refractivity contribution >= 4 is 0 Å². The van der Waals surface area contributed by atoms with Gasteiger partial charge in [0.1, 0.15) is 0 Å². The van der Waals surface area contributed by atoms with Crippen LogP contribution in [0, 0.1) is 11.8 Å². The van der Waals surface area contributed by atoms with Crippen molar-refractivity contribution < 1.29 is 10.2 Å². The second-order valence-corrected chi connectivity index (χ2v) is 6.95. The van der Waals surface area contributed by atoms with Crippen LogP contribution in [0.25, 0.3) is 0 Å². The lowest BCUT2D eigenvalue weighted by Gasteiger charge is -2.06. The van der Waals surface area contributed by atoms with E-state index in [1.54, 1.807) is 0 Å². The standard InChI is InChI=1S/2C10H20O/c2*1-9(2)5-4-6-10(3)7-8-11/h2*5,10-11H,4,6-8H2,1-3H3. The molecule has 0 aromatic carbocycles. The maximum atomic E-state index is 8.63. The van der Waals surface area contributed by atoms with Crippen LogP contribution in [0.2, 0.25) is 0 Å². The fourth-order valence-electron chi connectivity index (χ4n) is 2.04. The highest BCUT2D eigenvalue weighted by molar-refractivity contribution is 4.93. The molecule has 0 aliphatic heterocycles. The van der Waals surface area contributed by atoms with E-state index in [-0.39, 0.29) is 0 Å². The first-order valence-corrected chi connectivity index (χ1v) is 8.81. The SMILES string of the molecule is CC(C)=CCCC(C)CCO.CC(C)=CCCC(C)CCO. The highest BCUT2D eigenvalue weighted by Gasteiger charge is 1.99. The molecule has 2 atom stereocenters. The van der Waals surface area contributed by atoms with E-state index in [0.29, 0.717) is 25.0 Å². The zero-order chi connectivity index (χ0) is 17.4. The molecule has 0 fully saturated rings. The number of allylic oxidation sites excluding steroid dienone is 4. The topological polar surface area (TPSA) is 40.5 Å². The molecule has 0 radical (unpaired) electrons. The lowest BCUT2D eigenvalue weighted by molar-refractivity contribution is 0.258. The second-order valence-electron chi connectivity index (χ2n) is 6.95. The predicted octanol–water partition coefficient (Wildman–Crippen LogP) is 5.50. The summed E-state index contributed by atoms with van der Waals surface area (Å²) in [4.78, 5) is 0. The summed E-state index contributed by atoms with van der Waals surface area (Å²) < 4.78 is 0. The van der Waals surface area contributed by atoms with Crippen molar-refractivity contribution in [2.75, 3.05) is 13.2 Å². The summed E-state index contributed by atoms with van der Waals surface area (Å²) in [5, 5.41) is 17.3. The number of aliphatic hydroxyl groups excluding tert-OH is 2. The van der Waals surface area contributed by atoms with Crippen molar-refractivity contribution in [1.82, 2.24) is 0 Å². The Labute approximate surface area is 139 Å². The summed E-state index contributed by atoms with van der Waals surface area (Å²) in [7, 11) is 0. The molecule has 0 aromatic rings. The fourth-order valence-corrected chi connectivity index (χ4v) is 2.04. The maximum Gasteiger partial charge on any atom is 0.0433 e. The van der Waals surface area contributed by atoms with Gasteiger partial charge >= 0.3 is 0 Å². The first-order chi connectivity index (χ1) is 10.3. The average molecular weight is 313 g/mol. The number of rotatable bonds is 10. The molecule has 0 bridgehead atoms. The van der Waals surface area contributed by atoms with Crippen LogP contribution in [0.3, 0.4) is 0 Å². The molecule has 0 saturated carbocycles. The van der Waals surface area contributed by atoms with Crippen LogP contribution < -0.4 is 0 Å². The quantitative estimate of drug-likeness (QED) is 0.523. The molecule has 2 nitrogen and oxygen atoms in total. The summed E-state index contributed by atoms with van der Waals surface area (Å²) >= 11 is 0. The van der Waals surface area contributed by atoms with Crippen LogP contribution >= 0.6 is 0 Å². The summed E-state index contributed by atoms with van der Waals surface area (Å²) in [5.74, 6) is 1.33. The van der Waals surface area contributed by atoms with Crippen LogP contribution in [0.5, 0.6) is 0 Å². The maximum absolute atomic E-state index is 8.63. The molecule has 0 amide bonds. The predicted molar refractivity (Wildman–Crippen MR) is 99.1 cm³/mol. The molecule has 2 heteroatoms. The first-order valence-electron chi connectivity index (χ1n) is 8.81. The lowest BCUT2D eigenvalue weighted by atomic mass is 10.0. The van der Waals surface area contributed by atoms with Crippen molar-refractivity contribution in [2.24, 2.45) is 11.8 Å². The third-order valence-electron chi connectivity index (χ3n) is 3.67. The molecular weight excluding hydrogens is 272 g/mol. The normalized spacial score (nSPS) is 12.7. The van der Waals surface area contributed by atoms with Gasteiger partial charge in [0, 0.05) is 13.2 Å². The van der Waals surface area contributed by atoms with Gasteiger partial charge in [0.15, 0.2) is 0 Å². The highest BCUT2D eigenvalue weighted by atomic mass is 16.3. The summed E-state index contributed by atoms with van der Waals surface area (Å²) in [6.07, 6.45) is 11.1. The minimum Gasteiger partial charge on any atom is -0.396 e. The molecule has 0 saturated heterocycles. The zero-order valence-corrected chi connectivity index (χ0v) is 15.9. The molecule has 0 rings (SSSR count). The molecule has 0 aromatic heterocycles. The Kier molecular flexibility index (Phi) is 18.0. The molecule has 132 valence electrons. The molecular formula is C20H40O2. The summed E-state index contributed by atoms with van der Waals surface area (Å²) in [5.41, 5.74) is 2.78. The summed E-state index contributed by atoms with van der Waals surface area (Å²) in [6, 6.07) is 0. The van der Waals surface area contributed by atoms with E-state index < -0.39 is 0 Å². The average Bonchev–Trinajstić information content (AvgIpc) is 2.39. The Morgan fingerprint density at radius 1 is 0.682 bits per heavy atom. The molecule has 0 spiro atoms. The van der Waals surface area contributed by atoms with Gasteiger partial charge < -0.3 is 10.2 Å². The number of aliphatic hydroxyl groups is 2. The van der Waals surface area contributed by atoms with Crippen molar-refractivity contribution in [3.63, 3.8) is 0 Å². The smallest absolute Gasteiger partial charge is 0.0433 e. The third kappa shape index (κ3) is 21.7. The second kappa shape index (κ2) is 16.8. The van der Waals surface area contributed by atoms with Gasteiger partial charge in [-0.15, -0.1) is 0 Å². The summed E-state index contributed by atoms with van der Waals surface area (Å²) in [6.45, 7) is 13.5. The van der Waals surface area contributed by atoms with E-state index in [4.69, 9.17) is 10.2 Å². The molecule has 22 heavy (non-hydrogen) atoms.